The van der Waals surface area contributed by atoms with Crippen molar-refractivity contribution in [3.63, 3.8) is 0 Å². The summed E-state index contributed by atoms with van der Waals surface area (Å²) in [6, 6.07) is 16.8. The second kappa shape index (κ2) is 6.89. The zero-order chi connectivity index (χ0) is 19.0. The van der Waals surface area contributed by atoms with Crippen molar-refractivity contribution in [3.05, 3.63) is 76.2 Å². The fourth-order valence-corrected chi connectivity index (χ4v) is 3.21. The number of hydrogen-bond donors (Lipinski definition) is 1. The lowest BCUT2D eigenvalue weighted by molar-refractivity contribution is 0.0925. The van der Waals surface area contributed by atoms with Crippen molar-refractivity contribution in [2.45, 2.75) is 26.5 Å². The molecule has 1 unspecified atom stereocenters. The van der Waals surface area contributed by atoms with Crippen LogP contribution < -0.4 is 10.3 Å². The van der Waals surface area contributed by atoms with E-state index in [0.29, 0.717) is 16.8 Å². The van der Waals surface area contributed by atoms with Crippen molar-refractivity contribution >= 4 is 16.6 Å². The maximum absolute atomic E-state index is 13.0. The van der Waals surface area contributed by atoms with Crippen molar-refractivity contribution in [2.75, 3.05) is 6.61 Å². The Morgan fingerprint density at radius 1 is 1.11 bits per heavy atom. The summed E-state index contributed by atoms with van der Waals surface area (Å²) in [6.45, 7) is 4.11. The highest BCUT2D eigenvalue weighted by Gasteiger charge is 2.15. The molecule has 0 saturated carbocycles. The zero-order valence-corrected chi connectivity index (χ0v) is 15.3. The van der Waals surface area contributed by atoms with E-state index in [0.717, 1.165) is 16.8 Å². The van der Waals surface area contributed by atoms with E-state index in [-0.39, 0.29) is 18.7 Å². The van der Waals surface area contributed by atoms with Crippen LogP contribution in [-0.4, -0.2) is 32.0 Å². The molecule has 6 heteroatoms. The van der Waals surface area contributed by atoms with Gasteiger partial charge in [-0.1, -0.05) is 29.8 Å². The number of para-hydroxylation sites is 1. The Morgan fingerprint density at radius 3 is 2.63 bits per heavy atom. The van der Waals surface area contributed by atoms with Gasteiger partial charge in [0.15, 0.2) is 0 Å². The SMILES string of the molecule is Cc1ccc(OCC(O)Cn2c(=O)c3ccccc3n3nc(C)cc23)cc1. The molecule has 2 aromatic heterocycles. The summed E-state index contributed by atoms with van der Waals surface area (Å²) in [6.07, 6.45) is -0.829. The van der Waals surface area contributed by atoms with E-state index < -0.39 is 6.10 Å². The molecule has 0 radical (unpaired) electrons. The van der Waals surface area contributed by atoms with Crippen LogP contribution in [0.4, 0.5) is 0 Å². The van der Waals surface area contributed by atoms with Crippen LogP contribution in [0.15, 0.2) is 59.4 Å². The van der Waals surface area contributed by atoms with Gasteiger partial charge in [0.2, 0.25) is 0 Å². The number of rotatable bonds is 5. The quantitative estimate of drug-likeness (QED) is 0.592. The van der Waals surface area contributed by atoms with E-state index in [1.807, 2.05) is 62.4 Å². The van der Waals surface area contributed by atoms with E-state index in [2.05, 4.69) is 5.10 Å². The number of ether oxygens (including phenoxy) is 1. The fourth-order valence-electron chi connectivity index (χ4n) is 3.21. The van der Waals surface area contributed by atoms with E-state index in [1.54, 1.807) is 15.1 Å². The Labute approximate surface area is 156 Å². The van der Waals surface area contributed by atoms with Crippen molar-refractivity contribution < 1.29 is 9.84 Å². The van der Waals surface area contributed by atoms with E-state index in [4.69, 9.17) is 4.74 Å². The number of hydrogen-bond acceptors (Lipinski definition) is 4. The van der Waals surface area contributed by atoms with Crippen molar-refractivity contribution in [1.29, 1.82) is 0 Å². The largest absolute Gasteiger partial charge is 0.491 e. The van der Waals surface area contributed by atoms with Crippen molar-refractivity contribution in [2.24, 2.45) is 0 Å². The summed E-state index contributed by atoms with van der Waals surface area (Å²) < 4.78 is 8.96. The molecule has 1 atom stereocenters. The van der Waals surface area contributed by atoms with Crippen LogP contribution >= 0.6 is 0 Å². The van der Waals surface area contributed by atoms with Gasteiger partial charge in [0.05, 0.1) is 23.1 Å². The van der Waals surface area contributed by atoms with Gasteiger partial charge in [-0.2, -0.15) is 5.10 Å². The third kappa shape index (κ3) is 3.31. The third-order valence-corrected chi connectivity index (χ3v) is 4.55. The van der Waals surface area contributed by atoms with Crippen LogP contribution in [0.1, 0.15) is 11.3 Å². The van der Waals surface area contributed by atoms with Crippen LogP contribution in [0.2, 0.25) is 0 Å². The molecule has 0 saturated heterocycles. The summed E-state index contributed by atoms with van der Waals surface area (Å²) in [5.74, 6) is 0.691. The minimum absolute atomic E-state index is 0.0988. The maximum Gasteiger partial charge on any atom is 0.261 e. The standard InChI is InChI=1S/C21H21N3O3/c1-14-7-9-17(10-8-14)27-13-16(25)12-23-20-11-15(2)22-24(20)19-6-4-3-5-18(19)21(23)26/h3-11,16,25H,12-13H2,1-2H3. The smallest absolute Gasteiger partial charge is 0.261 e. The Balaban J connectivity index is 1.65. The van der Waals surface area contributed by atoms with Gasteiger partial charge >= 0.3 is 0 Å². The normalized spacial score (nSPS) is 12.6. The second-order valence-corrected chi connectivity index (χ2v) is 6.77. The minimum atomic E-state index is -0.829. The highest BCUT2D eigenvalue weighted by atomic mass is 16.5. The molecule has 0 aliphatic carbocycles. The molecular formula is C21H21N3O3. The molecular weight excluding hydrogens is 342 g/mol. The molecule has 0 spiro atoms. The predicted octanol–water partition coefficient (Wildman–Crippen LogP) is 2.71. The molecule has 0 aliphatic rings. The molecule has 27 heavy (non-hydrogen) atoms. The molecule has 2 heterocycles. The third-order valence-electron chi connectivity index (χ3n) is 4.55. The van der Waals surface area contributed by atoms with E-state index >= 15 is 0 Å². The summed E-state index contributed by atoms with van der Waals surface area (Å²) >= 11 is 0. The topological polar surface area (TPSA) is 68.8 Å². The monoisotopic (exact) mass is 363 g/mol. The molecule has 138 valence electrons. The highest BCUT2D eigenvalue weighted by molar-refractivity contribution is 5.80. The average Bonchev–Trinajstić information content (AvgIpc) is 3.06. The first kappa shape index (κ1) is 17.3. The lowest BCUT2D eigenvalue weighted by Gasteiger charge is -2.16. The van der Waals surface area contributed by atoms with Crippen LogP contribution in [0.3, 0.4) is 0 Å². The predicted molar refractivity (Wildman–Crippen MR) is 104 cm³/mol. The van der Waals surface area contributed by atoms with Gasteiger partial charge in [-0.3, -0.25) is 9.36 Å². The molecule has 0 aliphatic heterocycles. The number of aromatic nitrogens is 3. The summed E-state index contributed by atoms with van der Waals surface area (Å²) in [5, 5.41) is 15.5. The second-order valence-electron chi connectivity index (χ2n) is 6.77. The van der Waals surface area contributed by atoms with Crippen molar-refractivity contribution in [3.8, 4) is 5.75 Å². The maximum atomic E-state index is 13.0. The van der Waals surface area contributed by atoms with Gasteiger partial charge < -0.3 is 9.84 Å². The fraction of sp³-hybridized carbons (Fsp3) is 0.238. The molecule has 2 aromatic carbocycles. The Morgan fingerprint density at radius 2 is 1.85 bits per heavy atom. The molecule has 0 amide bonds. The van der Waals surface area contributed by atoms with Gasteiger partial charge in [-0.15, -0.1) is 0 Å². The van der Waals surface area contributed by atoms with Gasteiger partial charge in [0, 0.05) is 6.07 Å². The summed E-state index contributed by atoms with van der Waals surface area (Å²) in [7, 11) is 0. The van der Waals surface area contributed by atoms with Crippen LogP contribution in [0, 0.1) is 13.8 Å². The van der Waals surface area contributed by atoms with Gasteiger partial charge in [-0.05, 0) is 38.1 Å². The van der Waals surface area contributed by atoms with Gasteiger partial charge in [0.25, 0.3) is 5.56 Å². The number of fused-ring (bicyclic) bond motifs is 3. The molecule has 1 N–H and O–H groups in total. The summed E-state index contributed by atoms with van der Waals surface area (Å²) in [5.41, 5.74) is 3.22. The summed E-state index contributed by atoms with van der Waals surface area (Å²) in [4.78, 5) is 13.0. The number of aryl methyl sites for hydroxylation is 2. The molecule has 6 nitrogen and oxygen atoms in total. The van der Waals surface area contributed by atoms with Gasteiger partial charge in [0.1, 0.15) is 24.1 Å². The van der Waals surface area contributed by atoms with Crippen LogP contribution in [0.25, 0.3) is 16.6 Å². The van der Waals surface area contributed by atoms with Crippen LogP contribution in [0.5, 0.6) is 5.75 Å². The molecule has 0 bridgehead atoms. The number of aliphatic hydroxyl groups excluding tert-OH is 1. The zero-order valence-electron chi connectivity index (χ0n) is 15.3. The molecule has 0 fully saturated rings. The highest BCUT2D eigenvalue weighted by Crippen LogP contribution is 2.15. The number of benzene rings is 2. The lowest BCUT2D eigenvalue weighted by atomic mass is 10.2. The lowest BCUT2D eigenvalue weighted by Crippen LogP contribution is -2.31. The molecule has 4 rings (SSSR count). The first-order valence-corrected chi connectivity index (χ1v) is 8.88. The Kier molecular flexibility index (Phi) is 4.41. The van der Waals surface area contributed by atoms with E-state index in [1.165, 1.54) is 0 Å². The first-order valence-electron chi connectivity index (χ1n) is 8.88. The first-order chi connectivity index (χ1) is 13.0. The Hall–Kier alpha value is -3.12. The molecule has 4 aromatic rings. The minimum Gasteiger partial charge on any atom is -0.491 e. The Bertz CT molecular complexity index is 1160. The average molecular weight is 363 g/mol. The number of nitrogens with zero attached hydrogens (tertiary/aromatic N) is 3. The van der Waals surface area contributed by atoms with Gasteiger partial charge in [-0.25, -0.2) is 4.52 Å². The van der Waals surface area contributed by atoms with E-state index in [9.17, 15) is 9.90 Å². The number of aliphatic hydroxyl groups is 1. The van der Waals surface area contributed by atoms with Crippen LogP contribution in [-0.2, 0) is 6.54 Å². The van der Waals surface area contributed by atoms with Crippen molar-refractivity contribution in [1.82, 2.24) is 14.2 Å².